The SMILES string of the molecule is CC(C)CC(C(=O)O)n1ccc(CCN(C)C)cc1=O.COC(=O)CC(N)c1cncc(-c2c(C)cccc2C)c1.COC(=O)C[C@H](CC(=O)C(CC(C)C)n1ccc(CCN(C)C)cc1=O)c1cncc(-c2c(C)cccc2C)c1.S.S. The highest BCUT2D eigenvalue weighted by atomic mass is 32.1. The maximum Gasteiger partial charge on any atom is 0.326 e. The monoisotopic (exact) mass is 1180 g/mol. The summed E-state index contributed by atoms with van der Waals surface area (Å²) >= 11 is 0. The van der Waals surface area contributed by atoms with Crippen LogP contribution in [0.4, 0.5) is 0 Å². The van der Waals surface area contributed by atoms with Crippen LogP contribution in [0, 0.1) is 39.5 Å². The molecule has 0 fully saturated rings. The van der Waals surface area contributed by atoms with Gasteiger partial charge in [0, 0.05) is 91.9 Å². The first-order valence-electron chi connectivity index (χ1n) is 27.7. The van der Waals surface area contributed by atoms with Crippen LogP contribution in [0.5, 0.6) is 0 Å². The Morgan fingerprint density at radius 2 is 0.976 bits per heavy atom. The van der Waals surface area contributed by atoms with Crippen molar-refractivity contribution < 1.29 is 33.8 Å². The summed E-state index contributed by atoms with van der Waals surface area (Å²) in [6.45, 7) is 17.9. The molecule has 4 atom stereocenters. The van der Waals surface area contributed by atoms with Crippen molar-refractivity contribution in [3.63, 3.8) is 0 Å². The van der Waals surface area contributed by atoms with Gasteiger partial charge in [0.05, 0.1) is 33.1 Å². The lowest BCUT2D eigenvalue weighted by molar-refractivity contribution is -0.142. The fourth-order valence-electron chi connectivity index (χ4n) is 9.73. The van der Waals surface area contributed by atoms with E-state index < -0.39 is 36.0 Å². The van der Waals surface area contributed by atoms with E-state index in [1.54, 1.807) is 41.5 Å². The van der Waals surface area contributed by atoms with Gasteiger partial charge in [0.25, 0.3) is 11.1 Å². The number of rotatable bonds is 24. The Morgan fingerprint density at radius 3 is 1.37 bits per heavy atom. The number of Topliss-reactive ketones (excluding diaryl/α,β-unsaturated/α-hetero) is 1. The molecule has 18 heteroatoms. The number of hydrogen-bond donors (Lipinski definition) is 2. The first-order valence-corrected chi connectivity index (χ1v) is 27.7. The smallest absolute Gasteiger partial charge is 0.326 e. The standard InChI is InChI=1S/C33H43N3O4.C17H20N2O2.C15H24N2O3.2H2S/c1-22(2)15-29(36-14-12-25(16-31(36)38)11-13-35(5)6)30(37)18-26(19-32(39)40-7)27-17-28(21-34-20-27)33-23(3)9-8-10-24(33)4;1-11-5-4-6-12(2)17(11)14-7-13(9-19-10-14)15(18)8-16(20)21-3;1-11(2)9-13(15(19)20)17-8-6-12(10-14(17)18)5-7-16(3)4;;/h8-10,12,14,16-17,20-22,26,29H,11,13,15,18-19H2,1-7H3;4-7,9-10,15H,8,18H2,1-3H3;6,8,10-11,13H,5,7,9H2,1-4H3,(H,19,20);2*1H2/t26-,29?;;;;/m0..../s1. The number of esters is 2. The summed E-state index contributed by atoms with van der Waals surface area (Å²) in [6.07, 6.45) is 13.2. The molecule has 3 unspecified atom stereocenters. The van der Waals surface area contributed by atoms with Gasteiger partial charge >= 0.3 is 17.9 Å². The van der Waals surface area contributed by atoms with Gasteiger partial charge in [-0.1, -0.05) is 64.1 Å². The number of likely N-dealkylation sites (N-methyl/N-ethyl adjacent to an activating group) is 2. The number of nitrogens with zero attached hydrogens (tertiary/aromatic N) is 6. The van der Waals surface area contributed by atoms with Gasteiger partial charge in [-0.2, -0.15) is 27.0 Å². The highest BCUT2D eigenvalue weighted by Crippen LogP contribution is 2.34. The lowest BCUT2D eigenvalue weighted by atomic mass is 9.86. The minimum absolute atomic E-state index is 0. The second-order valence-electron chi connectivity index (χ2n) is 22.4. The van der Waals surface area contributed by atoms with Crippen molar-refractivity contribution in [1.82, 2.24) is 28.9 Å². The van der Waals surface area contributed by atoms with Gasteiger partial charge in [0.1, 0.15) is 6.04 Å². The van der Waals surface area contributed by atoms with E-state index in [1.165, 1.54) is 29.9 Å². The van der Waals surface area contributed by atoms with Crippen molar-refractivity contribution in [2.75, 3.05) is 55.5 Å². The van der Waals surface area contributed by atoms with E-state index in [1.807, 2.05) is 110 Å². The van der Waals surface area contributed by atoms with E-state index in [0.29, 0.717) is 12.8 Å². The fourth-order valence-corrected chi connectivity index (χ4v) is 9.73. The predicted octanol–water partition coefficient (Wildman–Crippen LogP) is 10.3. The minimum Gasteiger partial charge on any atom is -0.480 e. The van der Waals surface area contributed by atoms with E-state index in [0.717, 1.165) is 81.6 Å². The molecule has 3 N–H and O–H groups in total. The quantitative estimate of drug-likeness (QED) is 0.0541. The maximum absolute atomic E-state index is 13.9. The molecule has 16 nitrogen and oxygen atoms in total. The number of nitrogens with two attached hydrogens (primary N) is 1. The molecule has 0 aliphatic rings. The molecular weight excluding hydrogens is 1090 g/mol. The van der Waals surface area contributed by atoms with Gasteiger partial charge in [-0.25, -0.2) is 4.79 Å². The fraction of sp³-hybridized carbons (Fsp3) is 0.446. The van der Waals surface area contributed by atoms with Gasteiger partial charge in [-0.05, 0) is 173 Å². The Kier molecular flexibility index (Phi) is 30.9. The number of benzene rings is 2. The molecule has 0 bridgehead atoms. The number of methoxy groups -OCH3 is 2. The van der Waals surface area contributed by atoms with Gasteiger partial charge in [-0.15, -0.1) is 0 Å². The zero-order chi connectivity index (χ0) is 60.1. The van der Waals surface area contributed by atoms with Crippen LogP contribution in [0.2, 0.25) is 0 Å². The molecule has 83 heavy (non-hydrogen) atoms. The molecule has 0 amide bonds. The number of carbonyl (C=O) groups excluding carboxylic acids is 3. The highest BCUT2D eigenvalue weighted by Gasteiger charge is 2.29. The van der Waals surface area contributed by atoms with Crippen LogP contribution in [0.3, 0.4) is 0 Å². The number of aryl methyl sites for hydroxylation is 4. The van der Waals surface area contributed by atoms with E-state index in [4.69, 9.17) is 10.5 Å². The zero-order valence-electron chi connectivity index (χ0n) is 51.2. The number of carboxylic acid groups (broad SMARTS) is 1. The third-order valence-corrected chi connectivity index (χ3v) is 14.1. The molecule has 6 aromatic rings. The number of hydrogen-bond acceptors (Lipinski definition) is 13. The highest BCUT2D eigenvalue weighted by molar-refractivity contribution is 7.59. The molecule has 4 aromatic heterocycles. The van der Waals surface area contributed by atoms with Gasteiger partial charge in [0.15, 0.2) is 5.78 Å². The van der Waals surface area contributed by atoms with Crippen LogP contribution in [0.1, 0.15) is 128 Å². The van der Waals surface area contributed by atoms with Crippen molar-refractivity contribution in [2.24, 2.45) is 17.6 Å². The molecule has 0 radical (unpaired) electrons. The molecule has 2 aromatic carbocycles. The molecule has 0 aliphatic heterocycles. The molecule has 0 saturated heterocycles. The van der Waals surface area contributed by atoms with Gasteiger partial charge < -0.3 is 39.2 Å². The Balaban J connectivity index is 0.000000462. The summed E-state index contributed by atoms with van der Waals surface area (Å²) in [5, 5.41) is 9.28. The average Bonchev–Trinajstić information content (AvgIpc) is 3.48. The molecule has 0 aliphatic carbocycles. The van der Waals surface area contributed by atoms with Crippen molar-refractivity contribution in [3.05, 3.63) is 175 Å². The molecule has 0 saturated carbocycles. The summed E-state index contributed by atoms with van der Waals surface area (Å²) in [4.78, 5) is 87.2. The summed E-state index contributed by atoms with van der Waals surface area (Å²) in [5.41, 5.74) is 18.0. The van der Waals surface area contributed by atoms with Crippen molar-refractivity contribution >= 4 is 50.7 Å². The third-order valence-electron chi connectivity index (χ3n) is 14.1. The first-order chi connectivity index (χ1) is 38.3. The molecule has 6 rings (SSSR count). The Labute approximate surface area is 505 Å². The molecular formula is C65H91N7O9S2. The maximum atomic E-state index is 13.9. The van der Waals surface area contributed by atoms with Gasteiger partial charge in [-0.3, -0.25) is 33.9 Å². The summed E-state index contributed by atoms with van der Waals surface area (Å²) in [5.74, 6) is -1.76. The second kappa shape index (κ2) is 35.4. The number of aliphatic carboxylic acids is 1. The van der Waals surface area contributed by atoms with Gasteiger partial charge in [0.2, 0.25) is 0 Å². The van der Waals surface area contributed by atoms with E-state index in [9.17, 15) is 33.9 Å². The van der Waals surface area contributed by atoms with Crippen molar-refractivity contribution in [2.45, 2.75) is 124 Å². The number of ether oxygens (including phenoxy) is 2. The van der Waals surface area contributed by atoms with E-state index >= 15 is 0 Å². The van der Waals surface area contributed by atoms with Crippen LogP contribution in [0.15, 0.2) is 120 Å². The lowest BCUT2D eigenvalue weighted by Crippen LogP contribution is -2.31. The molecule has 452 valence electrons. The van der Waals surface area contributed by atoms with Crippen LogP contribution in [-0.2, 0) is 41.5 Å². The van der Waals surface area contributed by atoms with E-state index in [-0.39, 0.29) is 81.0 Å². The number of carboxylic acids is 1. The van der Waals surface area contributed by atoms with Crippen molar-refractivity contribution in [1.29, 1.82) is 0 Å². The predicted molar refractivity (Wildman–Crippen MR) is 342 cm³/mol. The number of carbonyl (C=O) groups is 4. The summed E-state index contributed by atoms with van der Waals surface area (Å²) < 4.78 is 12.5. The first kappa shape index (κ1) is 72.4. The molecule has 0 spiro atoms. The topological polar surface area (TPSA) is 209 Å². The number of pyridine rings is 4. The van der Waals surface area contributed by atoms with E-state index in [2.05, 4.69) is 71.6 Å². The second-order valence-corrected chi connectivity index (χ2v) is 22.4. The average molecular weight is 1180 g/mol. The largest absolute Gasteiger partial charge is 0.480 e. The third kappa shape index (κ3) is 22.8. The Morgan fingerprint density at radius 1 is 0.578 bits per heavy atom. The van der Waals surface area contributed by atoms with Crippen LogP contribution in [0.25, 0.3) is 22.3 Å². The van der Waals surface area contributed by atoms with Crippen LogP contribution < -0.4 is 16.9 Å². The van der Waals surface area contributed by atoms with Crippen LogP contribution in [-0.4, -0.2) is 113 Å². The zero-order valence-corrected chi connectivity index (χ0v) is 53.2. The Hall–Kier alpha value is -6.70. The normalized spacial score (nSPS) is 12.4. The van der Waals surface area contributed by atoms with Crippen LogP contribution >= 0.6 is 27.0 Å². The Bertz CT molecular complexity index is 3130. The minimum atomic E-state index is -0.957. The van der Waals surface area contributed by atoms with Crippen molar-refractivity contribution in [3.8, 4) is 22.3 Å². The number of aromatic nitrogens is 4. The molecule has 4 heterocycles. The summed E-state index contributed by atoms with van der Waals surface area (Å²) in [6, 6.07) is 21.5. The summed E-state index contributed by atoms with van der Waals surface area (Å²) in [7, 11) is 10.7. The number of ketones is 1. The lowest BCUT2D eigenvalue weighted by Gasteiger charge is -2.24.